The number of hydrogen-bond donors (Lipinski definition) is 1. The molecule has 0 aliphatic carbocycles. The zero-order valence-electron chi connectivity index (χ0n) is 11.0. The second-order valence-electron chi connectivity index (χ2n) is 5.03. The molecule has 16 heavy (non-hydrogen) atoms. The van der Waals surface area contributed by atoms with Gasteiger partial charge in [0, 0.05) is 26.2 Å². The van der Waals surface area contributed by atoms with Crippen molar-refractivity contribution in [3.63, 3.8) is 0 Å². The Hall–Kier alpha value is -0.120. The van der Waals surface area contributed by atoms with Crippen molar-refractivity contribution >= 4 is 0 Å². The number of nitrogens with zero attached hydrogens (tertiary/aromatic N) is 1. The first kappa shape index (κ1) is 13.9. The van der Waals surface area contributed by atoms with Crippen LogP contribution in [0.2, 0.25) is 0 Å². The van der Waals surface area contributed by atoms with Crippen molar-refractivity contribution in [2.24, 2.45) is 11.7 Å². The van der Waals surface area contributed by atoms with Crippen LogP contribution in [-0.2, 0) is 4.74 Å². The first-order valence-corrected chi connectivity index (χ1v) is 6.80. The van der Waals surface area contributed by atoms with Gasteiger partial charge in [-0.05, 0) is 31.7 Å². The first-order chi connectivity index (χ1) is 7.76. The molecule has 3 nitrogen and oxygen atoms in total. The maximum atomic E-state index is 5.80. The molecule has 0 aromatic rings. The molecular formula is C13H28N2O. The van der Waals surface area contributed by atoms with Crippen LogP contribution in [0.4, 0.5) is 0 Å². The second-order valence-corrected chi connectivity index (χ2v) is 5.03. The van der Waals surface area contributed by atoms with Gasteiger partial charge in [-0.15, -0.1) is 0 Å². The van der Waals surface area contributed by atoms with E-state index in [4.69, 9.17) is 10.5 Å². The Morgan fingerprint density at radius 3 is 2.62 bits per heavy atom. The van der Waals surface area contributed by atoms with E-state index < -0.39 is 0 Å². The quantitative estimate of drug-likeness (QED) is 0.676. The van der Waals surface area contributed by atoms with Gasteiger partial charge >= 0.3 is 0 Å². The standard InChI is InChI=1S/C13H28N2O/c1-3-12(2)11-15-8-5-13(6-9-15)16-10-4-7-14/h12-13H,3-11,14H2,1-2H3. The Balaban J connectivity index is 2.08. The smallest absolute Gasteiger partial charge is 0.0599 e. The van der Waals surface area contributed by atoms with E-state index in [1.807, 2.05) is 0 Å². The van der Waals surface area contributed by atoms with E-state index in [1.165, 1.54) is 38.9 Å². The summed E-state index contributed by atoms with van der Waals surface area (Å²) in [4.78, 5) is 2.58. The Morgan fingerprint density at radius 2 is 2.06 bits per heavy atom. The number of ether oxygens (including phenoxy) is 1. The van der Waals surface area contributed by atoms with E-state index in [1.54, 1.807) is 0 Å². The average molecular weight is 228 g/mol. The second kappa shape index (κ2) is 8.04. The van der Waals surface area contributed by atoms with Gasteiger partial charge in [0.05, 0.1) is 6.10 Å². The normalized spacial score (nSPS) is 21.2. The SMILES string of the molecule is CCC(C)CN1CCC(OCCCN)CC1. The summed E-state index contributed by atoms with van der Waals surface area (Å²) in [7, 11) is 0. The Morgan fingerprint density at radius 1 is 1.38 bits per heavy atom. The van der Waals surface area contributed by atoms with Crippen LogP contribution >= 0.6 is 0 Å². The van der Waals surface area contributed by atoms with Gasteiger partial charge in [0.15, 0.2) is 0 Å². The predicted octanol–water partition coefficient (Wildman–Crippen LogP) is 1.86. The zero-order valence-corrected chi connectivity index (χ0v) is 11.0. The summed E-state index contributed by atoms with van der Waals surface area (Å²) in [6.07, 6.45) is 5.15. The van der Waals surface area contributed by atoms with Gasteiger partial charge in [-0.1, -0.05) is 20.3 Å². The zero-order chi connectivity index (χ0) is 11.8. The molecule has 1 saturated heterocycles. The fourth-order valence-electron chi connectivity index (χ4n) is 2.16. The highest BCUT2D eigenvalue weighted by Crippen LogP contribution is 2.15. The van der Waals surface area contributed by atoms with Crippen LogP contribution in [0, 0.1) is 5.92 Å². The molecule has 0 radical (unpaired) electrons. The van der Waals surface area contributed by atoms with Crippen molar-refractivity contribution in [2.75, 3.05) is 32.8 Å². The summed E-state index contributed by atoms with van der Waals surface area (Å²) in [5, 5.41) is 0. The summed E-state index contributed by atoms with van der Waals surface area (Å²) in [6, 6.07) is 0. The minimum atomic E-state index is 0.486. The summed E-state index contributed by atoms with van der Waals surface area (Å²) in [5.41, 5.74) is 5.45. The molecule has 1 unspecified atom stereocenters. The highest BCUT2D eigenvalue weighted by molar-refractivity contribution is 4.73. The number of hydrogen-bond acceptors (Lipinski definition) is 3. The molecule has 0 saturated carbocycles. The van der Waals surface area contributed by atoms with Gasteiger partial charge in [-0.2, -0.15) is 0 Å². The highest BCUT2D eigenvalue weighted by Gasteiger charge is 2.20. The first-order valence-electron chi connectivity index (χ1n) is 6.80. The maximum absolute atomic E-state index is 5.80. The topological polar surface area (TPSA) is 38.5 Å². The fourth-order valence-corrected chi connectivity index (χ4v) is 2.16. The third-order valence-electron chi connectivity index (χ3n) is 3.50. The Bertz CT molecular complexity index is 167. The van der Waals surface area contributed by atoms with E-state index in [0.29, 0.717) is 6.10 Å². The largest absolute Gasteiger partial charge is 0.378 e. The van der Waals surface area contributed by atoms with Crippen LogP contribution in [0.5, 0.6) is 0 Å². The van der Waals surface area contributed by atoms with Gasteiger partial charge in [-0.3, -0.25) is 0 Å². The molecule has 1 aliphatic rings. The number of nitrogens with two attached hydrogens (primary N) is 1. The molecule has 1 heterocycles. The van der Waals surface area contributed by atoms with E-state index in [2.05, 4.69) is 18.7 Å². The maximum Gasteiger partial charge on any atom is 0.0599 e. The summed E-state index contributed by atoms with van der Waals surface area (Å²) in [5.74, 6) is 0.828. The number of rotatable bonds is 7. The molecule has 0 aromatic heterocycles. The molecule has 3 heteroatoms. The highest BCUT2D eigenvalue weighted by atomic mass is 16.5. The van der Waals surface area contributed by atoms with E-state index in [-0.39, 0.29) is 0 Å². The van der Waals surface area contributed by atoms with Crippen molar-refractivity contribution in [3.05, 3.63) is 0 Å². The van der Waals surface area contributed by atoms with Crippen molar-refractivity contribution in [3.8, 4) is 0 Å². The van der Waals surface area contributed by atoms with Gasteiger partial charge in [-0.25, -0.2) is 0 Å². The van der Waals surface area contributed by atoms with Gasteiger partial charge < -0.3 is 15.4 Å². The van der Waals surface area contributed by atoms with Gasteiger partial charge in [0.1, 0.15) is 0 Å². The summed E-state index contributed by atoms with van der Waals surface area (Å²) < 4.78 is 5.80. The molecule has 1 atom stereocenters. The summed E-state index contributed by atoms with van der Waals surface area (Å²) >= 11 is 0. The lowest BCUT2D eigenvalue weighted by Gasteiger charge is -2.33. The molecule has 2 N–H and O–H groups in total. The lowest BCUT2D eigenvalue weighted by molar-refractivity contribution is 0.00472. The number of likely N-dealkylation sites (tertiary alicyclic amines) is 1. The van der Waals surface area contributed by atoms with Gasteiger partial charge in [0.2, 0.25) is 0 Å². The third kappa shape index (κ3) is 5.28. The predicted molar refractivity (Wildman–Crippen MR) is 68.5 cm³/mol. The summed E-state index contributed by atoms with van der Waals surface area (Å²) in [6.45, 7) is 9.86. The van der Waals surface area contributed by atoms with Crippen molar-refractivity contribution in [1.29, 1.82) is 0 Å². The number of piperidine rings is 1. The van der Waals surface area contributed by atoms with Gasteiger partial charge in [0.25, 0.3) is 0 Å². The van der Waals surface area contributed by atoms with Crippen LogP contribution in [0.25, 0.3) is 0 Å². The fraction of sp³-hybridized carbons (Fsp3) is 1.00. The van der Waals surface area contributed by atoms with Crippen LogP contribution < -0.4 is 5.73 Å². The third-order valence-corrected chi connectivity index (χ3v) is 3.50. The minimum absolute atomic E-state index is 0.486. The van der Waals surface area contributed by atoms with E-state index in [0.717, 1.165) is 25.5 Å². The van der Waals surface area contributed by atoms with Crippen LogP contribution in [-0.4, -0.2) is 43.8 Å². The van der Waals surface area contributed by atoms with Crippen molar-refractivity contribution in [1.82, 2.24) is 4.90 Å². The van der Waals surface area contributed by atoms with E-state index >= 15 is 0 Å². The van der Waals surface area contributed by atoms with Crippen LogP contribution in [0.3, 0.4) is 0 Å². The molecule has 0 spiro atoms. The molecule has 0 amide bonds. The average Bonchev–Trinajstić information content (AvgIpc) is 2.31. The Labute approximate surface area is 100 Å². The molecule has 1 aliphatic heterocycles. The van der Waals surface area contributed by atoms with Crippen molar-refractivity contribution < 1.29 is 4.74 Å². The molecule has 0 bridgehead atoms. The monoisotopic (exact) mass is 228 g/mol. The molecule has 96 valence electrons. The minimum Gasteiger partial charge on any atom is -0.378 e. The Kier molecular flexibility index (Phi) is 7.01. The van der Waals surface area contributed by atoms with Crippen LogP contribution in [0.15, 0.2) is 0 Å². The molecule has 1 fully saturated rings. The molecule has 1 rings (SSSR count). The molecule has 0 aromatic carbocycles. The van der Waals surface area contributed by atoms with E-state index in [9.17, 15) is 0 Å². The molecular weight excluding hydrogens is 200 g/mol. The van der Waals surface area contributed by atoms with Crippen LogP contribution in [0.1, 0.15) is 39.5 Å². The lowest BCUT2D eigenvalue weighted by Crippen LogP contribution is -2.39. The van der Waals surface area contributed by atoms with Crippen molar-refractivity contribution in [2.45, 2.75) is 45.6 Å². The lowest BCUT2D eigenvalue weighted by atomic mass is 10.0.